The maximum atomic E-state index is 13.5. The Labute approximate surface area is 181 Å². The van der Waals surface area contributed by atoms with Gasteiger partial charge in [0.25, 0.3) is 0 Å². The van der Waals surface area contributed by atoms with Crippen LogP contribution < -0.4 is 5.32 Å². The van der Waals surface area contributed by atoms with Crippen molar-refractivity contribution in [1.29, 1.82) is 0 Å². The first-order valence-corrected chi connectivity index (χ1v) is 9.91. The number of amides is 1. The number of fused-ring (bicyclic) bond motifs is 1. The molecule has 0 aliphatic heterocycles. The molecule has 4 rings (SSSR count). The van der Waals surface area contributed by atoms with Gasteiger partial charge in [-0.15, -0.1) is 0 Å². The molecule has 0 aliphatic carbocycles. The molecule has 1 N–H and O–H groups in total. The topological polar surface area (TPSA) is 77.6 Å². The number of benzene rings is 1. The lowest BCUT2D eigenvalue weighted by atomic mass is 10.1. The molecule has 10 heteroatoms. The molecule has 166 valence electrons. The van der Waals surface area contributed by atoms with Crippen LogP contribution in [-0.4, -0.2) is 30.5 Å². The van der Waals surface area contributed by atoms with Crippen molar-refractivity contribution in [2.75, 3.05) is 5.32 Å². The number of nitrogens with zero attached hydrogens (tertiary/aromatic N) is 5. The maximum absolute atomic E-state index is 13.5. The fraction of sp³-hybridized carbons (Fsp3) is 0.273. The second-order valence-corrected chi connectivity index (χ2v) is 7.62. The number of aromatic nitrogens is 5. The van der Waals surface area contributed by atoms with Crippen molar-refractivity contribution < 1.29 is 18.0 Å². The van der Waals surface area contributed by atoms with E-state index in [1.54, 1.807) is 16.9 Å². The minimum Gasteiger partial charge on any atom is -0.308 e. The minimum absolute atomic E-state index is 0.0232. The van der Waals surface area contributed by atoms with E-state index in [0.29, 0.717) is 12.4 Å². The summed E-state index contributed by atoms with van der Waals surface area (Å²) in [5, 5.41) is 11.0. The summed E-state index contributed by atoms with van der Waals surface area (Å²) in [5.41, 5.74) is 1.81. The monoisotopic (exact) mass is 442 g/mol. The van der Waals surface area contributed by atoms with Gasteiger partial charge in [0.2, 0.25) is 5.91 Å². The fourth-order valence-electron chi connectivity index (χ4n) is 3.61. The van der Waals surface area contributed by atoms with Crippen molar-refractivity contribution >= 4 is 22.8 Å². The minimum atomic E-state index is -4.54. The maximum Gasteiger partial charge on any atom is 0.417 e. The summed E-state index contributed by atoms with van der Waals surface area (Å²) in [6.07, 6.45) is -2.80. The summed E-state index contributed by atoms with van der Waals surface area (Å²) in [7, 11) is 0. The highest BCUT2D eigenvalue weighted by Crippen LogP contribution is 2.36. The highest BCUT2D eigenvalue weighted by Gasteiger charge is 2.35. The highest BCUT2D eigenvalue weighted by atomic mass is 19.4. The third-order valence-corrected chi connectivity index (χ3v) is 5.11. The van der Waals surface area contributed by atoms with E-state index in [-0.39, 0.29) is 29.0 Å². The number of anilines is 1. The predicted molar refractivity (Wildman–Crippen MR) is 113 cm³/mol. The molecule has 0 atom stereocenters. The average Bonchev–Trinajstić information content (AvgIpc) is 3.26. The molecule has 3 heterocycles. The van der Waals surface area contributed by atoms with Gasteiger partial charge < -0.3 is 5.32 Å². The van der Waals surface area contributed by atoms with E-state index in [9.17, 15) is 18.0 Å². The van der Waals surface area contributed by atoms with E-state index in [1.165, 1.54) is 18.5 Å². The second kappa shape index (κ2) is 8.10. The van der Waals surface area contributed by atoms with Crippen molar-refractivity contribution in [3.63, 3.8) is 0 Å². The number of pyridine rings is 1. The van der Waals surface area contributed by atoms with Crippen LogP contribution in [0.5, 0.6) is 0 Å². The Balaban J connectivity index is 1.52. The zero-order chi connectivity index (χ0) is 23.0. The normalized spacial score (nSPS) is 11.8. The first-order valence-electron chi connectivity index (χ1n) is 9.91. The number of aryl methyl sites for hydroxylation is 3. The van der Waals surface area contributed by atoms with Crippen LogP contribution >= 0.6 is 0 Å². The summed E-state index contributed by atoms with van der Waals surface area (Å²) < 4.78 is 43.3. The number of hydrogen-bond acceptors (Lipinski definition) is 4. The second-order valence-electron chi connectivity index (χ2n) is 7.62. The Morgan fingerprint density at radius 3 is 2.56 bits per heavy atom. The van der Waals surface area contributed by atoms with Gasteiger partial charge in [0.15, 0.2) is 11.5 Å². The molecule has 0 spiro atoms. The Morgan fingerprint density at radius 1 is 1.09 bits per heavy atom. The molecule has 0 unspecified atom stereocenters. The van der Waals surface area contributed by atoms with Crippen LogP contribution in [0.15, 0.2) is 42.6 Å². The molecule has 32 heavy (non-hydrogen) atoms. The summed E-state index contributed by atoms with van der Waals surface area (Å²) in [5.74, 6) is -0.121. The van der Waals surface area contributed by atoms with Crippen molar-refractivity contribution in [3.8, 4) is 0 Å². The Bertz CT molecular complexity index is 1300. The van der Waals surface area contributed by atoms with Crippen molar-refractivity contribution in [1.82, 2.24) is 24.5 Å². The Hall–Kier alpha value is -3.69. The number of hydrogen-bond donors (Lipinski definition) is 1. The van der Waals surface area contributed by atoms with Gasteiger partial charge in [-0.3, -0.25) is 9.48 Å². The fourth-order valence-corrected chi connectivity index (χ4v) is 3.61. The van der Waals surface area contributed by atoms with Crippen molar-refractivity contribution in [3.05, 3.63) is 70.7 Å². The van der Waals surface area contributed by atoms with Crippen LogP contribution in [0, 0.1) is 20.8 Å². The summed E-state index contributed by atoms with van der Waals surface area (Å²) in [6, 6.07) is 10.6. The van der Waals surface area contributed by atoms with Crippen molar-refractivity contribution in [2.45, 2.75) is 40.0 Å². The van der Waals surface area contributed by atoms with Crippen LogP contribution in [0.4, 0.5) is 19.0 Å². The van der Waals surface area contributed by atoms with Gasteiger partial charge in [-0.1, -0.05) is 24.3 Å². The number of carbonyl (C=O) groups is 1. The number of carbonyl (C=O) groups excluding carboxylic acids is 1. The number of rotatable bonds is 5. The van der Waals surface area contributed by atoms with E-state index in [2.05, 4.69) is 20.5 Å². The van der Waals surface area contributed by atoms with E-state index < -0.39 is 17.6 Å². The van der Waals surface area contributed by atoms with Crippen molar-refractivity contribution in [2.24, 2.45) is 0 Å². The van der Waals surface area contributed by atoms with Gasteiger partial charge in [-0.2, -0.15) is 23.4 Å². The lowest BCUT2D eigenvalue weighted by Crippen LogP contribution is -2.20. The molecule has 4 aromatic rings. The lowest BCUT2D eigenvalue weighted by molar-refractivity contribution is -0.136. The average molecular weight is 442 g/mol. The number of nitrogens with one attached hydrogen (secondary N) is 1. The van der Waals surface area contributed by atoms with Gasteiger partial charge >= 0.3 is 6.18 Å². The molecule has 0 aliphatic rings. The van der Waals surface area contributed by atoms with Crippen LogP contribution in [0.25, 0.3) is 11.0 Å². The van der Waals surface area contributed by atoms with Gasteiger partial charge in [-0.25, -0.2) is 9.67 Å². The van der Waals surface area contributed by atoms with Crippen LogP contribution in [-0.2, 0) is 24.1 Å². The third kappa shape index (κ3) is 4.34. The predicted octanol–water partition coefficient (Wildman–Crippen LogP) is 4.26. The molecule has 0 saturated heterocycles. The quantitative estimate of drug-likeness (QED) is 0.501. The summed E-state index contributed by atoms with van der Waals surface area (Å²) in [6.45, 7) is 5.22. The molecule has 0 fully saturated rings. The molecule has 3 aromatic heterocycles. The van der Waals surface area contributed by atoms with E-state index in [0.717, 1.165) is 17.2 Å². The molecule has 0 saturated carbocycles. The van der Waals surface area contributed by atoms with E-state index in [1.807, 2.05) is 31.2 Å². The molecule has 1 amide bonds. The Kier molecular flexibility index (Phi) is 5.45. The van der Waals surface area contributed by atoms with Gasteiger partial charge in [0, 0.05) is 18.0 Å². The SMILES string of the molecule is Cc1cc(C(F)(F)F)c2c(C)nn(CC(=O)Nc3ccn(Cc4ccccc4C)n3)c2n1. The van der Waals surface area contributed by atoms with E-state index >= 15 is 0 Å². The summed E-state index contributed by atoms with van der Waals surface area (Å²) >= 11 is 0. The zero-order valence-corrected chi connectivity index (χ0v) is 17.7. The van der Waals surface area contributed by atoms with Gasteiger partial charge in [0.05, 0.1) is 23.2 Å². The van der Waals surface area contributed by atoms with Crippen LogP contribution in [0.2, 0.25) is 0 Å². The first kappa shape index (κ1) is 21.5. The smallest absolute Gasteiger partial charge is 0.308 e. The molecule has 0 bridgehead atoms. The Morgan fingerprint density at radius 2 is 1.84 bits per heavy atom. The van der Waals surface area contributed by atoms with E-state index in [4.69, 9.17) is 0 Å². The van der Waals surface area contributed by atoms with Gasteiger partial charge in [0.1, 0.15) is 6.54 Å². The highest BCUT2D eigenvalue weighted by molar-refractivity contribution is 5.91. The molecule has 0 radical (unpaired) electrons. The molecule has 7 nitrogen and oxygen atoms in total. The largest absolute Gasteiger partial charge is 0.417 e. The lowest BCUT2D eigenvalue weighted by Gasteiger charge is -2.10. The zero-order valence-electron chi connectivity index (χ0n) is 17.7. The standard InChI is InChI=1S/C22H21F3N6O/c1-13-6-4-5-7-16(13)11-30-9-8-18(29-30)27-19(32)12-31-21-20(15(3)28-31)17(22(23,24)25)10-14(2)26-21/h4-10H,11-12H2,1-3H3,(H,27,29,32). The summed E-state index contributed by atoms with van der Waals surface area (Å²) in [4.78, 5) is 16.7. The third-order valence-electron chi connectivity index (χ3n) is 5.11. The molecular weight excluding hydrogens is 421 g/mol. The molecule has 1 aromatic carbocycles. The van der Waals surface area contributed by atoms with Gasteiger partial charge in [-0.05, 0) is 38.0 Å². The number of alkyl halides is 3. The first-order chi connectivity index (χ1) is 15.1. The number of halogens is 3. The molecular formula is C22H21F3N6O. The van der Waals surface area contributed by atoms with Crippen LogP contribution in [0.1, 0.15) is 28.1 Å². The van der Waals surface area contributed by atoms with Crippen LogP contribution in [0.3, 0.4) is 0 Å².